The van der Waals surface area contributed by atoms with Gasteiger partial charge in [0.2, 0.25) is 23.6 Å². The third-order valence-corrected chi connectivity index (χ3v) is 20.8. The van der Waals surface area contributed by atoms with E-state index in [0.717, 1.165) is 116 Å². The molecular weight excluding hydrogens is 1340 g/mol. The minimum absolute atomic E-state index is 0. The number of aliphatic hydroxyl groups is 1. The van der Waals surface area contributed by atoms with E-state index in [1.54, 1.807) is 54.8 Å². The molecule has 0 spiro atoms. The number of nitrogens with one attached hydrogen (secondary N) is 2. The van der Waals surface area contributed by atoms with Crippen molar-refractivity contribution in [3.05, 3.63) is 106 Å². The first-order chi connectivity index (χ1) is 49.3. The summed E-state index contributed by atoms with van der Waals surface area (Å²) < 4.78 is 48.8. The van der Waals surface area contributed by atoms with Gasteiger partial charge in [-0.05, 0) is 182 Å². The van der Waals surface area contributed by atoms with Gasteiger partial charge in [0.1, 0.15) is 52.6 Å². The number of allylic oxidation sites excluding steroid dienone is 2. The normalized spacial score (nSPS) is 22.3. The minimum Gasteiger partial charge on any atom is -0.497 e. The van der Waals surface area contributed by atoms with Crippen LogP contribution in [0.1, 0.15) is 146 Å². The summed E-state index contributed by atoms with van der Waals surface area (Å²) in [7, 11) is 17.5. The molecule has 3 N–H and O–H groups in total. The lowest BCUT2D eigenvalue weighted by Gasteiger charge is -2.35. The van der Waals surface area contributed by atoms with Crippen LogP contribution in [0.4, 0.5) is 4.79 Å². The van der Waals surface area contributed by atoms with Gasteiger partial charge in [0.15, 0.2) is 5.78 Å². The summed E-state index contributed by atoms with van der Waals surface area (Å²) in [6.45, 7) is 21.0. The van der Waals surface area contributed by atoms with E-state index in [0.29, 0.717) is 77.6 Å². The van der Waals surface area contributed by atoms with E-state index in [9.17, 15) is 33.9 Å². The largest absolute Gasteiger partial charge is 0.497 e. The lowest BCUT2D eigenvalue weighted by Crippen LogP contribution is -2.45. The van der Waals surface area contributed by atoms with Crippen molar-refractivity contribution in [1.29, 1.82) is 0 Å². The molecule has 9 rings (SSSR count). The fourth-order valence-electron chi connectivity index (χ4n) is 14.0. The summed E-state index contributed by atoms with van der Waals surface area (Å²) in [5.41, 5.74) is 2.37. The molecule has 0 aliphatic carbocycles. The fraction of sp³-hybridized carbons (Fsp3) is 0.641. The Morgan fingerprint density at radius 1 is 0.635 bits per heavy atom. The highest BCUT2D eigenvalue weighted by Gasteiger charge is 2.45. The smallest absolute Gasteiger partial charge is 0.416 e. The number of amides is 5. The second-order valence-electron chi connectivity index (χ2n) is 27.9. The van der Waals surface area contributed by atoms with E-state index in [-0.39, 0.29) is 106 Å². The molecule has 6 heterocycles. The Bertz CT molecular complexity index is 3250. The first kappa shape index (κ1) is 88.7. The highest BCUT2D eigenvalue weighted by atomic mass is 16.7. The molecule has 0 radical (unpaired) electrons. The summed E-state index contributed by atoms with van der Waals surface area (Å²) in [4.78, 5) is 100. The molecule has 0 saturated carbocycles. The van der Waals surface area contributed by atoms with Crippen molar-refractivity contribution in [1.82, 2.24) is 40.0 Å². The average molecular weight is 1460 g/mol. The molecule has 6 saturated heterocycles. The van der Waals surface area contributed by atoms with Gasteiger partial charge in [-0.3, -0.25) is 33.8 Å². The molecule has 0 unspecified atom stereocenters. The lowest BCUT2D eigenvalue weighted by molar-refractivity contribution is -0.140. The highest BCUT2D eigenvalue weighted by molar-refractivity contribution is 5.95. The number of hydrogen-bond acceptors (Lipinski definition) is 22. The number of likely N-dealkylation sites (tertiary alicyclic amines) is 3. The Labute approximate surface area is 620 Å². The van der Waals surface area contributed by atoms with E-state index in [1.165, 1.54) is 11.8 Å². The van der Waals surface area contributed by atoms with Crippen molar-refractivity contribution in [2.24, 2.45) is 23.7 Å². The molecule has 9 atom stereocenters. The molecule has 3 aromatic carbocycles. The number of ketones is 1. The quantitative estimate of drug-likeness (QED) is 0.0430. The van der Waals surface area contributed by atoms with Gasteiger partial charge in [-0.1, -0.05) is 26.5 Å². The van der Waals surface area contributed by atoms with Crippen LogP contribution >= 0.6 is 0 Å². The first-order valence-electron chi connectivity index (χ1n) is 35.9. The van der Waals surface area contributed by atoms with Crippen LogP contribution in [0.3, 0.4) is 0 Å². The zero-order chi connectivity index (χ0) is 76.1. The number of cyclic esters (lactones) is 1. The fourth-order valence-corrected chi connectivity index (χ4v) is 14.0. The van der Waals surface area contributed by atoms with E-state index < -0.39 is 6.09 Å². The van der Waals surface area contributed by atoms with E-state index >= 15 is 0 Å². The molecule has 0 aromatic heterocycles. The van der Waals surface area contributed by atoms with Crippen LogP contribution in [0.5, 0.6) is 34.5 Å². The van der Waals surface area contributed by atoms with Crippen molar-refractivity contribution < 1.29 is 79.4 Å². The molecule has 5 amide bonds. The number of aliphatic hydroxyl groups excluding tert-OH is 1. The van der Waals surface area contributed by atoms with Gasteiger partial charge in [0, 0.05) is 135 Å². The predicted molar refractivity (Wildman–Crippen MR) is 406 cm³/mol. The van der Waals surface area contributed by atoms with Crippen LogP contribution < -0.4 is 39.1 Å². The number of ether oxygens (including phenoxy) is 9. The number of hydrogen-bond donors (Lipinski definition) is 3. The molecule has 6 fully saturated rings. The number of rotatable bonds is 29. The molecule has 6 aliphatic rings. The number of carbonyl (C=O) groups excluding carboxylic acids is 6. The average Bonchev–Trinajstić information content (AvgIpc) is 1.61. The highest BCUT2D eigenvalue weighted by Crippen LogP contribution is 2.37. The maximum atomic E-state index is 13.1. The standard InChI is InChI=1S/C21H32N2O4.C21H30N2O4.C18H28N2O4.C17H28N2O4.CH4.O2.2H2/c1-21(2)22(3)17(14-27-21)11-15-7-6-10-23(20(15)24)13-16-8-9-18(25-4)12-19(16)26-5;1-15(24)7-9-18(22-2)12-16-6-5-11-23(21(16)25)14-17-8-10-19(26-3)13-20(17)27-4;1-19-15(12-21)9-13-5-4-8-20(18(13)22)11-14-6-7-16(23-2)10-17(14)24-3;1-6-8-12(9-14-11-23-17(3,4)18(14)5)15(20)19-13(7-2)10-22-16(19)21;;1-2;;/h8-9,12,15,17H,6-7,10-11,13-14H2,1-5H3;7-10,13,16,18,22H,5-6,11-12,14H2,1-4H3;6-7,10,13,15,19,21H,4-5,8-9,11-12H2,1-3H3;6,12-14H,1,7-11H2,2-5H3;1H4;;2*1H/b;9-7+;;;;;;/t15-,17-;16-,18+;13-,15-;12-,13-,14-;;;;/m0000..../s1/i;;;;;;1+1;. The van der Waals surface area contributed by atoms with Crippen LogP contribution in [0.2, 0.25) is 0 Å². The number of benzene rings is 3. The van der Waals surface area contributed by atoms with Gasteiger partial charge in [-0.15, -0.1) is 6.58 Å². The maximum absolute atomic E-state index is 13.1. The summed E-state index contributed by atoms with van der Waals surface area (Å²) >= 11 is 0. The van der Waals surface area contributed by atoms with Crippen molar-refractivity contribution in [2.45, 2.75) is 187 Å². The molecule has 3 aromatic rings. The number of likely N-dealkylation sites (N-methyl/N-ethyl adjacent to an activating group) is 4. The molecule has 6 aliphatic heterocycles. The first-order valence-corrected chi connectivity index (χ1v) is 35.9. The molecular formula is C78H126N8O18. The second kappa shape index (κ2) is 43.7. The lowest BCUT2D eigenvalue weighted by atomic mass is 9.90. The van der Waals surface area contributed by atoms with E-state index in [4.69, 9.17) is 52.6 Å². The van der Waals surface area contributed by atoms with Gasteiger partial charge in [-0.25, -0.2) is 9.69 Å². The molecule has 586 valence electrons. The van der Waals surface area contributed by atoms with E-state index in [1.807, 2.05) is 117 Å². The maximum Gasteiger partial charge on any atom is 0.416 e. The monoisotopic (exact) mass is 1460 g/mol. The van der Waals surface area contributed by atoms with Crippen LogP contribution in [-0.4, -0.2) is 229 Å². The number of nitrogens with zero attached hydrogens (tertiary/aromatic N) is 6. The zero-order valence-corrected chi connectivity index (χ0v) is 64.0. The summed E-state index contributed by atoms with van der Waals surface area (Å²) in [6.07, 6.45) is 14.5. The summed E-state index contributed by atoms with van der Waals surface area (Å²) in [5, 5.41) is 15.6. The number of piperidine rings is 3. The van der Waals surface area contributed by atoms with Gasteiger partial charge in [0.25, 0.3) is 0 Å². The van der Waals surface area contributed by atoms with Crippen LogP contribution in [0, 0.1) is 33.6 Å². The van der Waals surface area contributed by atoms with Crippen molar-refractivity contribution in [3.63, 3.8) is 0 Å². The van der Waals surface area contributed by atoms with Crippen molar-refractivity contribution >= 4 is 35.5 Å². The SMILES string of the molecule is C.C=CC[C@@H](C[C@H]1COC(C)(C)N1C)C(=O)N1C(=O)OC[C@@H]1CC.CN[C@H](/C=C/C(C)=O)C[C@@H]1CCCN(Cc2ccc(OC)cc2OC)C1=O.CN[C@H](CO)C[C@@H]1CCCN(Cc2ccc(OC)cc2OC)C1=O.COc1ccc(CN2CCC[C@@H](C[C@H]3COC(C)(C)N3C)C2=O)c(OC)c1.O=O.[2HH].[HH]. The van der Waals surface area contributed by atoms with Crippen molar-refractivity contribution in [3.8, 4) is 34.5 Å². The number of carbonyl (C=O) groups is 6. The molecule has 26 nitrogen and oxygen atoms in total. The van der Waals surface area contributed by atoms with Crippen molar-refractivity contribution in [2.75, 3.05) is 117 Å². The van der Waals surface area contributed by atoms with Gasteiger partial charge in [-0.2, -0.15) is 0 Å². The Morgan fingerprint density at radius 3 is 1.42 bits per heavy atom. The summed E-state index contributed by atoms with van der Waals surface area (Å²) in [6, 6.07) is 17.4. The van der Waals surface area contributed by atoms with Crippen LogP contribution in [0.25, 0.3) is 0 Å². The Hall–Kier alpha value is -7.72. The Balaban J connectivity index is 0.000000473. The van der Waals surface area contributed by atoms with Crippen LogP contribution in [0.15, 0.2) is 79.4 Å². The molecule has 26 heteroatoms. The molecule has 104 heavy (non-hydrogen) atoms. The Kier molecular flexibility index (Phi) is 37.2. The van der Waals surface area contributed by atoms with Crippen LogP contribution in [-0.2, 0) is 57.8 Å². The third kappa shape index (κ3) is 24.7. The third-order valence-electron chi connectivity index (χ3n) is 20.8. The summed E-state index contributed by atoms with van der Waals surface area (Å²) in [5.74, 6) is 4.56. The van der Waals surface area contributed by atoms with Gasteiger partial charge in [0.05, 0.1) is 68.5 Å². The number of imide groups is 1. The predicted octanol–water partition coefficient (Wildman–Crippen LogP) is 10.5. The molecule has 0 bridgehead atoms. The second-order valence-corrected chi connectivity index (χ2v) is 27.9. The van der Waals surface area contributed by atoms with Gasteiger partial charge < -0.3 is 73.1 Å². The van der Waals surface area contributed by atoms with E-state index in [2.05, 4.69) is 47.9 Å². The number of methoxy groups -OCH3 is 6. The van der Waals surface area contributed by atoms with Gasteiger partial charge >= 0.3 is 6.09 Å². The topological polar surface area (TPSA) is 283 Å². The minimum atomic E-state index is -0.521. The Morgan fingerprint density at radius 2 is 1.06 bits per heavy atom. The zero-order valence-electron chi connectivity index (χ0n) is 64.0.